The average molecular weight is 360 g/mol. The third-order valence-electron chi connectivity index (χ3n) is 4.70. The van der Waals surface area contributed by atoms with E-state index in [9.17, 15) is 4.79 Å². The van der Waals surface area contributed by atoms with Gasteiger partial charge in [-0.25, -0.2) is 0 Å². The normalized spacial score (nSPS) is 20.9. The van der Waals surface area contributed by atoms with Crippen molar-refractivity contribution in [1.29, 1.82) is 0 Å². The Morgan fingerprint density at radius 3 is 2.35 bits per heavy atom. The SMILES string of the molecule is Cl.Cl.Nc1ccc(CC(=O)N2CCCC2CN2CCCC2)cc1. The number of carbonyl (C=O) groups excluding carboxylic acids is 1. The van der Waals surface area contributed by atoms with Crippen LogP contribution in [0.3, 0.4) is 0 Å². The summed E-state index contributed by atoms with van der Waals surface area (Å²) in [4.78, 5) is 17.2. The fraction of sp³-hybridized carbons (Fsp3) is 0.588. The molecule has 0 saturated carbocycles. The lowest BCUT2D eigenvalue weighted by Gasteiger charge is -2.28. The molecule has 0 radical (unpaired) electrons. The van der Waals surface area contributed by atoms with Crippen LogP contribution in [0.1, 0.15) is 31.2 Å². The molecule has 2 aliphatic heterocycles. The number of amides is 1. The van der Waals surface area contributed by atoms with Crippen LogP contribution < -0.4 is 5.73 Å². The quantitative estimate of drug-likeness (QED) is 0.840. The standard InChI is InChI=1S/C17H25N3O.2ClH/c18-15-7-5-14(6-8-15)12-17(21)20-11-3-4-16(20)13-19-9-1-2-10-19;;/h5-8,16H,1-4,9-13,18H2;2*1H. The second-order valence-corrected chi connectivity index (χ2v) is 6.31. The fourth-order valence-electron chi connectivity index (χ4n) is 3.53. The summed E-state index contributed by atoms with van der Waals surface area (Å²) in [6, 6.07) is 8.07. The molecule has 1 aromatic carbocycles. The van der Waals surface area contributed by atoms with Crippen molar-refractivity contribution in [2.24, 2.45) is 0 Å². The topological polar surface area (TPSA) is 49.6 Å². The van der Waals surface area contributed by atoms with Gasteiger partial charge in [-0.1, -0.05) is 12.1 Å². The Kier molecular flexibility index (Phi) is 8.17. The number of hydrogen-bond acceptors (Lipinski definition) is 3. The van der Waals surface area contributed by atoms with Gasteiger partial charge in [0.15, 0.2) is 0 Å². The van der Waals surface area contributed by atoms with Gasteiger partial charge in [-0.05, 0) is 56.5 Å². The van der Waals surface area contributed by atoms with Crippen molar-refractivity contribution in [1.82, 2.24) is 9.80 Å². The van der Waals surface area contributed by atoms with E-state index >= 15 is 0 Å². The van der Waals surface area contributed by atoms with Crippen molar-refractivity contribution >= 4 is 36.4 Å². The molecule has 0 aliphatic carbocycles. The van der Waals surface area contributed by atoms with Crippen LogP contribution in [0.25, 0.3) is 0 Å². The maximum atomic E-state index is 12.6. The molecule has 1 aromatic rings. The molecular weight excluding hydrogens is 333 g/mol. The molecule has 4 nitrogen and oxygen atoms in total. The average Bonchev–Trinajstić information content (AvgIpc) is 3.13. The van der Waals surface area contributed by atoms with Gasteiger partial charge in [0, 0.05) is 24.8 Å². The van der Waals surface area contributed by atoms with Crippen LogP contribution in [-0.4, -0.2) is 47.9 Å². The smallest absolute Gasteiger partial charge is 0.227 e. The van der Waals surface area contributed by atoms with Gasteiger partial charge in [0.25, 0.3) is 0 Å². The van der Waals surface area contributed by atoms with E-state index in [0.717, 1.165) is 37.2 Å². The summed E-state index contributed by atoms with van der Waals surface area (Å²) in [5, 5.41) is 0. The Bertz CT molecular complexity index is 489. The molecule has 2 saturated heterocycles. The lowest BCUT2D eigenvalue weighted by Crippen LogP contribution is -2.43. The van der Waals surface area contributed by atoms with Crippen molar-refractivity contribution in [2.45, 2.75) is 38.1 Å². The van der Waals surface area contributed by atoms with E-state index in [1.165, 1.54) is 25.9 Å². The lowest BCUT2D eigenvalue weighted by molar-refractivity contribution is -0.131. The van der Waals surface area contributed by atoms with Gasteiger partial charge in [0.1, 0.15) is 0 Å². The third-order valence-corrected chi connectivity index (χ3v) is 4.70. The number of benzene rings is 1. The first-order chi connectivity index (χ1) is 10.2. The monoisotopic (exact) mass is 359 g/mol. The first kappa shape index (κ1) is 20.1. The number of nitrogen functional groups attached to an aromatic ring is 1. The zero-order chi connectivity index (χ0) is 14.7. The summed E-state index contributed by atoms with van der Waals surface area (Å²) in [6.45, 7) is 4.40. The van der Waals surface area contributed by atoms with Crippen LogP contribution in [0.15, 0.2) is 24.3 Å². The van der Waals surface area contributed by atoms with Crippen LogP contribution in [-0.2, 0) is 11.2 Å². The lowest BCUT2D eigenvalue weighted by atomic mass is 10.1. The Morgan fingerprint density at radius 2 is 1.70 bits per heavy atom. The van der Waals surface area contributed by atoms with Gasteiger partial charge < -0.3 is 15.5 Å². The molecule has 2 fully saturated rings. The molecule has 130 valence electrons. The largest absolute Gasteiger partial charge is 0.399 e. The van der Waals surface area contributed by atoms with E-state index in [1.807, 2.05) is 24.3 Å². The van der Waals surface area contributed by atoms with Crippen LogP contribution in [0.2, 0.25) is 0 Å². The van der Waals surface area contributed by atoms with Gasteiger partial charge in [0.05, 0.1) is 6.42 Å². The van der Waals surface area contributed by atoms with Gasteiger partial charge in [-0.3, -0.25) is 4.79 Å². The molecule has 0 spiro atoms. The van der Waals surface area contributed by atoms with Gasteiger partial charge in [-0.2, -0.15) is 0 Å². The second-order valence-electron chi connectivity index (χ2n) is 6.31. The van der Waals surface area contributed by atoms with Gasteiger partial charge in [0.2, 0.25) is 5.91 Å². The summed E-state index contributed by atoms with van der Waals surface area (Å²) < 4.78 is 0. The molecule has 0 bridgehead atoms. The van der Waals surface area contributed by atoms with Crippen LogP contribution in [0, 0.1) is 0 Å². The number of hydrogen-bond donors (Lipinski definition) is 1. The molecule has 2 aliphatic rings. The van der Waals surface area contributed by atoms with E-state index in [2.05, 4.69) is 9.80 Å². The molecule has 1 unspecified atom stereocenters. The minimum absolute atomic E-state index is 0. The highest BCUT2D eigenvalue weighted by Gasteiger charge is 2.30. The van der Waals surface area contributed by atoms with Gasteiger partial charge in [-0.15, -0.1) is 24.8 Å². The molecule has 23 heavy (non-hydrogen) atoms. The first-order valence-corrected chi connectivity index (χ1v) is 8.08. The maximum Gasteiger partial charge on any atom is 0.227 e. The number of halogens is 2. The zero-order valence-electron chi connectivity index (χ0n) is 13.4. The number of anilines is 1. The summed E-state index contributed by atoms with van der Waals surface area (Å²) in [5.41, 5.74) is 7.50. The number of rotatable bonds is 4. The predicted octanol–water partition coefficient (Wildman–Crippen LogP) is 2.74. The second kappa shape index (κ2) is 9.36. The summed E-state index contributed by atoms with van der Waals surface area (Å²) in [6.07, 6.45) is 5.42. The third kappa shape index (κ3) is 5.27. The van der Waals surface area contributed by atoms with Crippen molar-refractivity contribution in [3.05, 3.63) is 29.8 Å². The van der Waals surface area contributed by atoms with E-state index in [4.69, 9.17) is 5.73 Å². The molecular formula is C17H27Cl2N3O. The first-order valence-electron chi connectivity index (χ1n) is 8.08. The maximum absolute atomic E-state index is 12.6. The Morgan fingerprint density at radius 1 is 1.04 bits per heavy atom. The predicted molar refractivity (Wildman–Crippen MR) is 99.5 cm³/mol. The van der Waals surface area contributed by atoms with Crippen LogP contribution in [0.5, 0.6) is 0 Å². The Labute approximate surface area is 151 Å². The summed E-state index contributed by atoms with van der Waals surface area (Å²) in [5.74, 6) is 0.265. The molecule has 0 aromatic heterocycles. The Balaban J connectivity index is 0.00000132. The zero-order valence-corrected chi connectivity index (χ0v) is 15.1. The van der Waals surface area contributed by atoms with E-state index in [0.29, 0.717) is 12.5 Å². The van der Waals surface area contributed by atoms with Crippen LogP contribution in [0.4, 0.5) is 5.69 Å². The molecule has 6 heteroatoms. The van der Waals surface area contributed by atoms with Crippen molar-refractivity contribution < 1.29 is 4.79 Å². The van der Waals surface area contributed by atoms with Crippen LogP contribution >= 0.6 is 24.8 Å². The summed E-state index contributed by atoms with van der Waals surface area (Å²) in [7, 11) is 0. The molecule has 2 heterocycles. The van der Waals surface area contributed by atoms with Crippen molar-refractivity contribution in [3.8, 4) is 0 Å². The number of likely N-dealkylation sites (tertiary alicyclic amines) is 2. The highest BCUT2D eigenvalue weighted by molar-refractivity contribution is 5.85. The molecule has 3 rings (SSSR count). The van der Waals surface area contributed by atoms with E-state index in [1.54, 1.807) is 0 Å². The van der Waals surface area contributed by atoms with Gasteiger partial charge >= 0.3 is 0 Å². The molecule has 2 N–H and O–H groups in total. The number of nitrogens with two attached hydrogens (primary N) is 1. The minimum atomic E-state index is 0. The summed E-state index contributed by atoms with van der Waals surface area (Å²) >= 11 is 0. The highest BCUT2D eigenvalue weighted by Crippen LogP contribution is 2.21. The van der Waals surface area contributed by atoms with Crippen molar-refractivity contribution in [3.63, 3.8) is 0 Å². The number of carbonyl (C=O) groups is 1. The van der Waals surface area contributed by atoms with E-state index in [-0.39, 0.29) is 30.7 Å². The Hall–Kier alpha value is -0.970. The molecule has 1 amide bonds. The number of nitrogens with zero attached hydrogens (tertiary/aromatic N) is 2. The van der Waals surface area contributed by atoms with Crippen molar-refractivity contribution in [2.75, 3.05) is 31.9 Å². The fourth-order valence-corrected chi connectivity index (χ4v) is 3.53. The molecule has 1 atom stereocenters. The minimum Gasteiger partial charge on any atom is -0.399 e. The van der Waals surface area contributed by atoms with E-state index < -0.39 is 0 Å². The highest BCUT2D eigenvalue weighted by atomic mass is 35.5.